The minimum atomic E-state index is -0.109. The van der Waals surface area contributed by atoms with Gasteiger partial charge in [-0.2, -0.15) is 0 Å². The summed E-state index contributed by atoms with van der Waals surface area (Å²) in [4.78, 5) is 14.0. The van der Waals surface area contributed by atoms with Crippen LogP contribution in [-0.4, -0.2) is 26.9 Å². The number of carbonyl (C=O) groups excluding carboxylic acids is 1. The van der Waals surface area contributed by atoms with Crippen LogP contribution in [0.5, 0.6) is 5.75 Å². The van der Waals surface area contributed by atoms with Gasteiger partial charge in [0.2, 0.25) is 5.91 Å². The van der Waals surface area contributed by atoms with Gasteiger partial charge in [-0.3, -0.25) is 9.69 Å². The molecule has 2 aromatic carbocycles. The fourth-order valence-electron chi connectivity index (χ4n) is 2.60. The molecule has 2 aromatic rings. The highest BCUT2D eigenvalue weighted by Gasteiger charge is 2.35. The van der Waals surface area contributed by atoms with Gasteiger partial charge in [0.15, 0.2) is 0 Å². The summed E-state index contributed by atoms with van der Waals surface area (Å²) in [7, 11) is 0. The monoisotopic (exact) mass is 435 g/mol. The van der Waals surface area contributed by atoms with Gasteiger partial charge in [-0.1, -0.05) is 64.2 Å². The molecule has 0 radical (unpaired) electrons. The molecule has 0 aromatic heterocycles. The molecule has 1 saturated heterocycles. The smallest absolute Gasteiger partial charge is 0.241 e. The molecule has 25 heavy (non-hydrogen) atoms. The zero-order valence-electron chi connectivity index (χ0n) is 13.8. The van der Waals surface area contributed by atoms with Crippen LogP contribution in [0.15, 0.2) is 53.0 Å². The molecule has 3 rings (SSSR count). The van der Waals surface area contributed by atoms with Crippen LogP contribution >= 0.6 is 39.9 Å². The Bertz CT molecular complexity index is 762. The summed E-state index contributed by atoms with van der Waals surface area (Å²) in [5.41, 5.74) is 2.23. The van der Waals surface area contributed by atoms with Gasteiger partial charge in [0.1, 0.15) is 16.7 Å². The third-order valence-corrected chi connectivity index (χ3v) is 6.10. The molecule has 0 N–H and O–H groups in total. The van der Waals surface area contributed by atoms with E-state index in [4.69, 9.17) is 17.0 Å². The van der Waals surface area contributed by atoms with Crippen molar-refractivity contribution in [2.45, 2.75) is 25.2 Å². The molecule has 1 aliphatic rings. The van der Waals surface area contributed by atoms with Crippen LogP contribution in [0.1, 0.15) is 18.1 Å². The zero-order chi connectivity index (χ0) is 17.8. The average molecular weight is 436 g/mol. The van der Waals surface area contributed by atoms with Gasteiger partial charge in [-0.25, -0.2) is 0 Å². The normalized spacial score (nSPS) is 17.2. The molecular formula is C19H18BrNO2S2. The number of thioether (sulfide) groups is 1. The molecule has 6 heteroatoms. The number of thiocarbonyl (C=S) groups is 1. The van der Waals surface area contributed by atoms with Gasteiger partial charge in [-0.05, 0) is 48.7 Å². The molecule has 0 bridgehead atoms. The Morgan fingerprint density at radius 1 is 1.12 bits per heavy atom. The fraction of sp³-hybridized carbons (Fsp3) is 0.263. The Kier molecular flexibility index (Phi) is 6.15. The molecular weight excluding hydrogens is 418 g/mol. The van der Waals surface area contributed by atoms with Crippen LogP contribution in [0.25, 0.3) is 0 Å². The predicted octanol–water partition coefficient (Wildman–Crippen LogP) is 4.82. The second kappa shape index (κ2) is 8.34. The van der Waals surface area contributed by atoms with Crippen molar-refractivity contribution in [3.63, 3.8) is 0 Å². The molecule has 0 spiro atoms. The third-order valence-electron chi connectivity index (χ3n) is 3.98. The molecule has 1 amide bonds. The van der Waals surface area contributed by atoms with Crippen molar-refractivity contribution in [1.29, 1.82) is 0 Å². The Balaban J connectivity index is 1.56. The molecule has 0 unspecified atom stereocenters. The van der Waals surface area contributed by atoms with Crippen molar-refractivity contribution in [3.05, 3.63) is 64.1 Å². The van der Waals surface area contributed by atoms with E-state index in [-0.39, 0.29) is 11.2 Å². The van der Waals surface area contributed by atoms with Crippen molar-refractivity contribution >= 4 is 50.1 Å². The van der Waals surface area contributed by atoms with Crippen LogP contribution in [0.4, 0.5) is 0 Å². The van der Waals surface area contributed by atoms with Gasteiger partial charge in [-0.15, -0.1) is 0 Å². The number of hydrogen-bond donors (Lipinski definition) is 0. The molecule has 0 saturated carbocycles. The highest BCUT2D eigenvalue weighted by Crippen LogP contribution is 2.30. The maximum atomic E-state index is 12.3. The summed E-state index contributed by atoms with van der Waals surface area (Å²) in [6.45, 7) is 3.12. The first-order valence-corrected chi connectivity index (χ1v) is 10.1. The van der Waals surface area contributed by atoms with E-state index in [1.807, 2.05) is 55.5 Å². The number of ether oxygens (including phenoxy) is 1. The number of halogens is 1. The molecule has 0 aliphatic carbocycles. The summed E-state index contributed by atoms with van der Waals surface area (Å²) in [6, 6.07) is 16.0. The van der Waals surface area contributed by atoms with Gasteiger partial charge >= 0.3 is 0 Å². The first kappa shape index (κ1) is 18.4. The van der Waals surface area contributed by atoms with Crippen molar-refractivity contribution in [1.82, 2.24) is 4.90 Å². The number of nitrogens with zero attached hydrogens (tertiary/aromatic N) is 1. The van der Waals surface area contributed by atoms with Gasteiger partial charge < -0.3 is 4.74 Å². The van der Waals surface area contributed by atoms with Crippen molar-refractivity contribution in [3.8, 4) is 5.75 Å². The van der Waals surface area contributed by atoms with Crippen molar-refractivity contribution < 1.29 is 9.53 Å². The lowest BCUT2D eigenvalue weighted by Gasteiger charge is -2.12. The summed E-state index contributed by atoms with van der Waals surface area (Å²) >= 11 is 10.2. The van der Waals surface area contributed by atoms with E-state index >= 15 is 0 Å². The van der Waals surface area contributed by atoms with Crippen LogP contribution in [0.2, 0.25) is 0 Å². The number of amides is 1. The third kappa shape index (κ3) is 4.63. The topological polar surface area (TPSA) is 29.5 Å². The minimum absolute atomic E-state index is 0.109. The number of rotatable bonds is 6. The maximum Gasteiger partial charge on any atom is 0.241 e. The van der Waals surface area contributed by atoms with Gasteiger partial charge in [0.25, 0.3) is 0 Å². The van der Waals surface area contributed by atoms with Crippen LogP contribution in [0.3, 0.4) is 0 Å². The molecule has 1 atom stereocenters. The summed E-state index contributed by atoms with van der Waals surface area (Å²) in [5.74, 6) is 0.941. The van der Waals surface area contributed by atoms with E-state index < -0.39 is 0 Å². The highest BCUT2D eigenvalue weighted by molar-refractivity contribution is 9.10. The van der Waals surface area contributed by atoms with E-state index in [1.54, 1.807) is 4.90 Å². The lowest BCUT2D eigenvalue weighted by Crippen LogP contribution is -2.31. The minimum Gasteiger partial charge on any atom is -0.489 e. The SMILES string of the molecule is CCN1C(=O)[C@@H](Cc2ccc(OCc3ccc(Br)cc3)cc2)SC1=S. The Morgan fingerprint density at radius 2 is 1.76 bits per heavy atom. The molecule has 1 fully saturated rings. The first-order valence-electron chi connectivity index (χ1n) is 8.05. The Labute approximate surface area is 165 Å². The summed E-state index contributed by atoms with van der Waals surface area (Å²) in [6.07, 6.45) is 0.688. The molecule has 130 valence electrons. The molecule has 3 nitrogen and oxygen atoms in total. The quantitative estimate of drug-likeness (QED) is 0.608. The summed E-state index contributed by atoms with van der Waals surface area (Å²) < 4.78 is 7.56. The largest absolute Gasteiger partial charge is 0.489 e. The highest BCUT2D eigenvalue weighted by atomic mass is 79.9. The summed E-state index contributed by atoms with van der Waals surface area (Å²) in [5, 5.41) is -0.109. The average Bonchev–Trinajstić information content (AvgIpc) is 2.88. The van der Waals surface area contributed by atoms with Crippen LogP contribution in [-0.2, 0) is 17.8 Å². The number of carbonyl (C=O) groups is 1. The van der Waals surface area contributed by atoms with E-state index in [0.717, 1.165) is 21.3 Å². The molecule has 1 heterocycles. The van der Waals surface area contributed by atoms with Gasteiger partial charge in [0.05, 0.1) is 5.25 Å². The van der Waals surface area contributed by atoms with Crippen LogP contribution in [0, 0.1) is 0 Å². The lowest BCUT2D eigenvalue weighted by atomic mass is 10.1. The second-order valence-electron chi connectivity index (χ2n) is 5.72. The van der Waals surface area contributed by atoms with Gasteiger partial charge in [0, 0.05) is 11.0 Å². The Hall–Kier alpha value is -1.37. The fourth-order valence-corrected chi connectivity index (χ4v) is 4.52. The maximum absolute atomic E-state index is 12.3. The van der Waals surface area contributed by atoms with E-state index in [0.29, 0.717) is 23.9 Å². The number of hydrogen-bond acceptors (Lipinski definition) is 4. The van der Waals surface area contributed by atoms with Crippen LogP contribution < -0.4 is 4.74 Å². The first-order chi connectivity index (χ1) is 12.1. The number of benzene rings is 2. The van der Waals surface area contributed by atoms with E-state index in [1.165, 1.54) is 11.8 Å². The van der Waals surface area contributed by atoms with E-state index in [2.05, 4.69) is 15.9 Å². The second-order valence-corrected chi connectivity index (χ2v) is 8.47. The van der Waals surface area contributed by atoms with E-state index in [9.17, 15) is 4.79 Å². The standard InChI is InChI=1S/C19H18BrNO2S2/c1-2-21-18(22)17(25-19(21)24)11-13-5-9-16(10-6-13)23-12-14-3-7-15(20)8-4-14/h3-10,17H,2,11-12H2,1H3/t17-/m1/s1. The van der Waals surface area contributed by atoms with Crippen molar-refractivity contribution in [2.24, 2.45) is 0 Å². The predicted molar refractivity (Wildman–Crippen MR) is 110 cm³/mol. The Morgan fingerprint density at radius 3 is 2.36 bits per heavy atom. The lowest BCUT2D eigenvalue weighted by molar-refractivity contribution is -0.125. The zero-order valence-corrected chi connectivity index (χ0v) is 17.0. The molecule has 1 aliphatic heterocycles. The van der Waals surface area contributed by atoms with Crippen molar-refractivity contribution in [2.75, 3.05) is 6.54 Å².